The van der Waals surface area contributed by atoms with Gasteiger partial charge < -0.3 is 19.9 Å². The van der Waals surface area contributed by atoms with Gasteiger partial charge in [-0.2, -0.15) is 0 Å². The molecule has 0 bridgehead atoms. The van der Waals surface area contributed by atoms with Crippen molar-refractivity contribution in [3.05, 3.63) is 24.0 Å². The molecule has 1 aromatic rings. The van der Waals surface area contributed by atoms with Crippen LogP contribution in [0, 0.1) is 0 Å². The topological polar surface area (TPSA) is 55.3 Å². The lowest BCUT2D eigenvalue weighted by Gasteiger charge is -2.24. The Hall–Kier alpha value is -1.49. The molecule has 19 heavy (non-hydrogen) atoms. The predicted molar refractivity (Wildman–Crippen MR) is 74.2 cm³/mol. The van der Waals surface area contributed by atoms with Crippen LogP contribution < -0.4 is 10.6 Å². The molecule has 0 saturated carbocycles. The van der Waals surface area contributed by atoms with Crippen LogP contribution in [0.4, 0.5) is 4.79 Å². The van der Waals surface area contributed by atoms with Crippen LogP contribution in [-0.2, 0) is 11.8 Å². The molecule has 0 radical (unpaired) electrons. The van der Waals surface area contributed by atoms with E-state index in [1.807, 2.05) is 40.1 Å². The fourth-order valence-electron chi connectivity index (χ4n) is 2.46. The average molecular weight is 265 g/mol. The molecule has 0 aromatic carbocycles. The van der Waals surface area contributed by atoms with E-state index in [1.54, 1.807) is 0 Å². The maximum atomic E-state index is 11.8. The number of aromatic nitrogens is 1. The number of nitrogens with one attached hydrogen (secondary N) is 2. The minimum Gasteiger partial charge on any atom is -0.444 e. The fourth-order valence-corrected chi connectivity index (χ4v) is 2.46. The van der Waals surface area contributed by atoms with Gasteiger partial charge in [0.2, 0.25) is 0 Å². The maximum Gasteiger partial charge on any atom is 0.407 e. The third-order valence-corrected chi connectivity index (χ3v) is 3.28. The molecule has 1 aliphatic heterocycles. The maximum absolute atomic E-state index is 11.8. The monoisotopic (exact) mass is 265 g/mol. The van der Waals surface area contributed by atoms with Crippen molar-refractivity contribution in [2.24, 2.45) is 7.05 Å². The van der Waals surface area contributed by atoms with Gasteiger partial charge in [0.1, 0.15) is 5.60 Å². The minimum atomic E-state index is -0.462. The molecule has 1 aromatic heterocycles. The molecule has 0 spiro atoms. The third-order valence-electron chi connectivity index (χ3n) is 3.28. The van der Waals surface area contributed by atoms with Crippen molar-refractivity contribution in [2.75, 3.05) is 13.1 Å². The zero-order chi connectivity index (χ0) is 14.0. The second-order valence-corrected chi connectivity index (χ2v) is 6.06. The van der Waals surface area contributed by atoms with Gasteiger partial charge in [0.15, 0.2) is 0 Å². The second-order valence-electron chi connectivity index (χ2n) is 6.06. The molecule has 2 N–H and O–H groups in total. The number of hydrogen-bond donors (Lipinski definition) is 2. The molecule has 106 valence electrons. The predicted octanol–water partition coefficient (Wildman–Crippen LogP) is 1.61. The number of ether oxygens (including phenoxy) is 1. The second kappa shape index (κ2) is 5.25. The largest absolute Gasteiger partial charge is 0.444 e. The molecule has 1 saturated heterocycles. The van der Waals surface area contributed by atoms with E-state index in [0.717, 1.165) is 13.1 Å². The molecule has 1 amide bonds. The minimum absolute atomic E-state index is 0.0726. The standard InChI is InChI=1S/C14H23N3O2/c1-14(2,3)19-13(18)16-11-9-15-8-10(11)12-6-5-7-17(12)4/h5-7,10-11,15H,8-9H2,1-4H3,(H,16,18). The Morgan fingerprint density at radius 1 is 1.47 bits per heavy atom. The number of nitrogens with zero attached hydrogens (tertiary/aromatic N) is 1. The van der Waals surface area contributed by atoms with Crippen LogP contribution in [0.25, 0.3) is 0 Å². The average Bonchev–Trinajstić information content (AvgIpc) is 2.83. The first-order chi connectivity index (χ1) is 8.87. The van der Waals surface area contributed by atoms with Crippen molar-refractivity contribution in [3.63, 3.8) is 0 Å². The molecule has 1 aliphatic rings. The van der Waals surface area contributed by atoms with Gasteiger partial charge in [-0.15, -0.1) is 0 Å². The Labute approximate surface area is 114 Å². The summed E-state index contributed by atoms with van der Waals surface area (Å²) in [5, 5.41) is 6.29. The van der Waals surface area contributed by atoms with Crippen LogP contribution in [0.1, 0.15) is 32.4 Å². The Kier molecular flexibility index (Phi) is 3.85. The summed E-state index contributed by atoms with van der Waals surface area (Å²) in [6.07, 6.45) is 1.68. The molecule has 1 fully saturated rings. The van der Waals surface area contributed by atoms with Gasteiger partial charge in [-0.25, -0.2) is 4.79 Å². The normalized spacial score (nSPS) is 23.4. The Bertz CT molecular complexity index is 448. The number of hydrogen-bond acceptors (Lipinski definition) is 3. The van der Waals surface area contributed by atoms with E-state index in [4.69, 9.17) is 4.74 Å². The first kappa shape index (κ1) is 13.9. The van der Waals surface area contributed by atoms with Crippen molar-refractivity contribution in [1.29, 1.82) is 0 Å². The zero-order valence-corrected chi connectivity index (χ0v) is 12.1. The molecular formula is C14H23N3O2. The van der Waals surface area contributed by atoms with E-state index in [9.17, 15) is 4.79 Å². The number of carbonyl (C=O) groups excluding carboxylic acids is 1. The highest BCUT2D eigenvalue weighted by molar-refractivity contribution is 5.68. The highest BCUT2D eigenvalue weighted by atomic mass is 16.6. The SMILES string of the molecule is Cn1cccc1C1CNCC1NC(=O)OC(C)(C)C. The molecule has 2 unspecified atom stereocenters. The lowest BCUT2D eigenvalue weighted by Crippen LogP contribution is -2.42. The quantitative estimate of drug-likeness (QED) is 0.854. The van der Waals surface area contributed by atoms with Crippen LogP contribution >= 0.6 is 0 Å². The van der Waals surface area contributed by atoms with Crippen molar-refractivity contribution in [3.8, 4) is 0 Å². The number of carbonyl (C=O) groups is 1. The first-order valence-electron chi connectivity index (χ1n) is 6.68. The van der Waals surface area contributed by atoms with E-state index in [2.05, 4.69) is 21.3 Å². The van der Waals surface area contributed by atoms with Crippen molar-refractivity contribution in [2.45, 2.75) is 38.3 Å². The molecule has 5 heteroatoms. The van der Waals surface area contributed by atoms with Gasteiger partial charge in [0, 0.05) is 37.9 Å². The van der Waals surface area contributed by atoms with Crippen LogP contribution in [0.5, 0.6) is 0 Å². The summed E-state index contributed by atoms with van der Waals surface area (Å²) in [6.45, 7) is 7.25. The number of rotatable bonds is 2. The van der Waals surface area contributed by atoms with Crippen LogP contribution in [0.2, 0.25) is 0 Å². The summed E-state index contributed by atoms with van der Waals surface area (Å²) in [5.41, 5.74) is 0.766. The molecular weight excluding hydrogens is 242 g/mol. The highest BCUT2D eigenvalue weighted by Crippen LogP contribution is 2.23. The lowest BCUT2D eigenvalue weighted by atomic mass is 10.00. The van der Waals surface area contributed by atoms with Gasteiger partial charge in [-0.1, -0.05) is 0 Å². The number of aryl methyl sites for hydroxylation is 1. The van der Waals surface area contributed by atoms with E-state index in [1.165, 1.54) is 5.69 Å². The van der Waals surface area contributed by atoms with Crippen molar-refractivity contribution in [1.82, 2.24) is 15.2 Å². The summed E-state index contributed by atoms with van der Waals surface area (Å²) in [5.74, 6) is 0.285. The van der Waals surface area contributed by atoms with Gasteiger partial charge in [-0.3, -0.25) is 0 Å². The van der Waals surface area contributed by atoms with E-state index >= 15 is 0 Å². The van der Waals surface area contributed by atoms with Gasteiger partial charge in [-0.05, 0) is 32.9 Å². The van der Waals surface area contributed by atoms with Crippen molar-refractivity contribution < 1.29 is 9.53 Å². The Morgan fingerprint density at radius 2 is 2.21 bits per heavy atom. The number of alkyl carbamates (subject to hydrolysis) is 1. The summed E-state index contributed by atoms with van der Waals surface area (Å²) < 4.78 is 7.41. The van der Waals surface area contributed by atoms with Crippen LogP contribution in [0.15, 0.2) is 18.3 Å². The Morgan fingerprint density at radius 3 is 2.79 bits per heavy atom. The van der Waals surface area contributed by atoms with E-state index in [0.29, 0.717) is 0 Å². The summed E-state index contributed by atoms with van der Waals surface area (Å²) in [4.78, 5) is 11.8. The molecule has 2 heterocycles. The molecule has 2 rings (SSSR count). The van der Waals surface area contributed by atoms with E-state index in [-0.39, 0.29) is 18.1 Å². The molecule has 0 aliphatic carbocycles. The summed E-state index contributed by atoms with van der Waals surface area (Å²) >= 11 is 0. The Balaban J connectivity index is 2.00. The zero-order valence-electron chi connectivity index (χ0n) is 12.1. The third kappa shape index (κ3) is 3.50. The fraction of sp³-hybridized carbons (Fsp3) is 0.643. The van der Waals surface area contributed by atoms with Gasteiger partial charge in [0.05, 0.1) is 6.04 Å². The number of amides is 1. The van der Waals surface area contributed by atoms with Gasteiger partial charge in [0.25, 0.3) is 0 Å². The molecule has 2 atom stereocenters. The van der Waals surface area contributed by atoms with Crippen LogP contribution in [0.3, 0.4) is 0 Å². The van der Waals surface area contributed by atoms with Crippen LogP contribution in [-0.4, -0.2) is 35.4 Å². The lowest BCUT2D eigenvalue weighted by molar-refractivity contribution is 0.0504. The summed E-state index contributed by atoms with van der Waals surface area (Å²) in [7, 11) is 2.03. The van der Waals surface area contributed by atoms with Gasteiger partial charge >= 0.3 is 6.09 Å². The smallest absolute Gasteiger partial charge is 0.407 e. The van der Waals surface area contributed by atoms with E-state index < -0.39 is 5.60 Å². The highest BCUT2D eigenvalue weighted by Gasteiger charge is 2.32. The first-order valence-corrected chi connectivity index (χ1v) is 6.68. The summed E-state index contributed by atoms with van der Waals surface area (Å²) in [6, 6.07) is 4.20. The molecule has 5 nitrogen and oxygen atoms in total. The van der Waals surface area contributed by atoms with Crippen molar-refractivity contribution >= 4 is 6.09 Å².